The number of ether oxygens (including phenoxy) is 2. The number of nitrogens with zero attached hydrogens (tertiary/aromatic N) is 8. The number of rotatable bonds is 33. The molecule has 4 unspecified atom stereocenters. The summed E-state index contributed by atoms with van der Waals surface area (Å²) in [6, 6.07) is 34.1. The molecule has 3 aromatic carbocycles. The Bertz CT molecular complexity index is 4850. The van der Waals surface area contributed by atoms with Gasteiger partial charge in [0.15, 0.2) is 22.8 Å². The molecule has 8 amide bonds. The van der Waals surface area contributed by atoms with Crippen LogP contribution in [0.25, 0.3) is 0 Å². The predicted octanol–water partition coefficient (Wildman–Crippen LogP) is 12.9. The lowest BCUT2D eigenvalue weighted by molar-refractivity contribution is -0.134. The first-order chi connectivity index (χ1) is 61.3. The fraction of sp³-hybridized carbons (Fsp3) is 0.552. The van der Waals surface area contributed by atoms with Gasteiger partial charge < -0.3 is 85.6 Å². The first kappa shape index (κ1) is 91.3. The van der Waals surface area contributed by atoms with Crippen LogP contribution in [0.4, 0.5) is 0 Å². The minimum absolute atomic E-state index is 0.0222. The number of piperidine rings is 2. The van der Waals surface area contributed by atoms with Gasteiger partial charge >= 0.3 is 0 Å². The number of carbonyl (C=O) groups excluding carboxylic acids is 8. The van der Waals surface area contributed by atoms with Crippen molar-refractivity contribution in [1.82, 2.24) is 72.2 Å². The van der Waals surface area contributed by atoms with E-state index in [4.69, 9.17) is 39.0 Å². The zero-order chi connectivity index (χ0) is 87.8. The Labute approximate surface area is 737 Å². The van der Waals surface area contributed by atoms with Crippen molar-refractivity contribution in [1.29, 1.82) is 0 Å². The van der Waals surface area contributed by atoms with Gasteiger partial charge in [0.1, 0.15) is 35.4 Å². The van der Waals surface area contributed by atoms with Crippen molar-refractivity contribution in [3.63, 3.8) is 0 Å². The molecular formula is C96H126N16O14. The Morgan fingerprint density at radius 3 is 1.24 bits per heavy atom. The SMILES string of the molecule is COCC(NC(=O)c1cc(C2CC2)on1)C1CCN(C(=O)[C@H](C)N)CC1.C[C@H](N)C(=O)N1CCC(C(COc2ccccc2)NC(=O)c2cc(C3CC3)on2)CC1.O=C(NCCCN1CCCC1)c1cccc(C(NC(=O)c2cc(C3CC3)on2)C2CCCCC2)c1.O=C(NCc1cccnc1)c1cccc(C(NC(=O)c2cc(C3CC3)on2)C2CCCCC2)c1. The summed E-state index contributed by atoms with van der Waals surface area (Å²) in [5.74, 6) is 5.51. The Kier molecular flexibility index (Phi) is 32.6. The number of para-hydroxylation sites is 1. The van der Waals surface area contributed by atoms with E-state index in [1.807, 2.05) is 84.9 Å². The van der Waals surface area contributed by atoms with E-state index in [1.54, 1.807) is 73.5 Å². The lowest BCUT2D eigenvalue weighted by Gasteiger charge is -2.36. The first-order valence-electron chi connectivity index (χ1n) is 46.1. The molecule has 674 valence electrons. The average molecular weight is 1730 g/mol. The molecule has 8 heterocycles. The molecule has 5 aromatic heterocycles. The van der Waals surface area contributed by atoms with E-state index < -0.39 is 12.1 Å². The van der Waals surface area contributed by atoms with Crippen LogP contribution in [-0.2, 0) is 20.9 Å². The van der Waals surface area contributed by atoms with Crippen LogP contribution in [0.1, 0.15) is 313 Å². The first-order valence-corrected chi connectivity index (χ1v) is 46.1. The van der Waals surface area contributed by atoms with Gasteiger partial charge in [-0.25, -0.2) is 0 Å². The number of pyridine rings is 1. The Hall–Kier alpha value is -11.0. The molecule has 17 rings (SSSR count). The second-order valence-electron chi connectivity index (χ2n) is 35.8. The molecule has 9 fully saturated rings. The molecule has 0 spiro atoms. The summed E-state index contributed by atoms with van der Waals surface area (Å²) < 4.78 is 32.7. The lowest BCUT2D eigenvalue weighted by Crippen LogP contribution is -2.51. The second-order valence-corrected chi connectivity index (χ2v) is 35.8. The molecule has 3 saturated heterocycles. The van der Waals surface area contributed by atoms with Crippen LogP contribution in [0.3, 0.4) is 0 Å². The summed E-state index contributed by atoms with van der Waals surface area (Å²) in [5, 5.41) is 34.5. The highest BCUT2D eigenvalue weighted by atomic mass is 16.5. The second kappa shape index (κ2) is 45.0. The van der Waals surface area contributed by atoms with E-state index in [-0.39, 0.29) is 83.3 Å². The molecule has 6 saturated carbocycles. The quantitative estimate of drug-likeness (QED) is 0.0177. The number of amides is 8. The van der Waals surface area contributed by atoms with Crippen LogP contribution < -0.4 is 48.1 Å². The zero-order valence-electron chi connectivity index (χ0n) is 73.1. The molecule has 0 bridgehead atoms. The number of methoxy groups -OCH3 is 1. The van der Waals surface area contributed by atoms with Crippen LogP contribution in [-0.4, -0.2) is 184 Å². The molecule has 8 aromatic rings. The third-order valence-electron chi connectivity index (χ3n) is 25.9. The van der Waals surface area contributed by atoms with Gasteiger partial charge in [0, 0.05) is 118 Å². The van der Waals surface area contributed by atoms with Gasteiger partial charge in [0.05, 0.1) is 42.9 Å². The van der Waals surface area contributed by atoms with Gasteiger partial charge in [-0.05, 0) is 238 Å². The van der Waals surface area contributed by atoms with Crippen molar-refractivity contribution in [3.05, 3.63) is 201 Å². The van der Waals surface area contributed by atoms with Crippen molar-refractivity contribution in [2.45, 2.75) is 241 Å². The molecule has 30 heteroatoms. The van der Waals surface area contributed by atoms with Gasteiger partial charge in [-0.2, -0.15) is 0 Å². The number of nitrogens with two attached hydrogens (primary N) is 2. The number of hydrogen-bond donors (Lipinski definition) is 8. The third-order valence-corrected chi connectivity index (χ3v) is 25.9. The normalized spacial score (nSPS) is 19.1. The minimum atomic E-state index is -0.499. The van der Waals surface area contributed by atoms with Crippen molar-refractivity contribution >= 4 is 47.3 Å². The predicted molar refractivity (Wildman–Crippen MR) is 471 cm³/mol. The van der Waals surface area contributed by atoms with Crippen molar-refractivity contribution in [2.24, 2.45) is 35.1 Å². The van der Waals surface area contributed by atoms with Crippen LogP contribution in [0.2, 0.25) is 0 Å². The van der Waals surface area contributed by atoms with Gasteiger partial charge in [-0.1, -0.05) is 108 Å². The average Bonchev–Trinajstić information content (AvgIpc) is 1.64. The monoisotopic (exact) mass is 1730 g/mol. The van der Waals surface area contributed by atoms with Gasteiger partial charge in [0.25, 0.3) is 35.4 Å². The van der Waals surface area contributed by atoms with E-state index in [0.717, 1.165) is 174 Å². The van der Waals surface area contributed by atoms with Gasteiger partial charge in [-0.3, -0.25) is 43.3 Å². The Morgan fingerprint density at radius 1 is 0.429 bits per heavy atom. The number of hydrogen-bond acceptors (Lipinski definition) is 22. The Morgan fingerprint density at radius 2 is 0.841 bits per heavy atom. The molecule has 6 atom stereocenters. The molecule has 10 N–H and O–H groups in total. The number of carbonyl (C=O) groups is 8. The molecule has 6 aliphatic carbocycles. The van der Waals surface area contributed by atoms with E-state index in [0.29, 0.717) is 122 Å². The lowest BCUT2D eigenvalue weighted by atomic mass is 9.80. The summed E-state index contributed by atoms with van der Waals surface area (Å²) in [5.41, 5.74) is 16.8. The largest absolute Gasteiger partial charge is 0.491 e. The number of aromatic nitrogens is 5. The van der Waals surface area contributed by atoms with E-state index in [2.05, 4.69) is 62.4 Å². The maximum Gasteiger partial charge on any atom is 0.273 e. The topological polar surface area (TPSA) is 406 Å². The van der Waals surface area contributed by atoms with Crippen molar-refractivity contribution in [2.75, 3.05) is 72.7 Å². The molecule has 3 aliphatic heterocycles. The van der Waals surface area contributed by atoms with E-state index in [1.165, 1.54) is 51.6 Å². The maximum absolute atomic E-state index is 13.1. The molecule has 30 nitrogen and oxygen atoms in total. The summed E-state index contributed by atoms with van der Waals surface area (Å²) >= 11 is 0. The highest BCUT2D eigenvalue weighted by Gasteiger charge is 2.39. The summed E-state index contributed by atoms with van der Waals surface area (Å²) in [4.78, 5) is 112. The highest BCUT2D eigenvalue weighted by Crippen LogP contribution is 2.44. The van der Waals surface area contributed by atoms with Crippen LogP contribution in [0.15, 0.2) is 146 Å². The van der Waals surface area contributed by atoms with Crippen molar-refractivity contribution in [3.8, 4) is 5.75 Å². The van der Waals surface area contributed by atoms with E-state index in [9.17, 15) is 38.4 Å². The van der Waals surface area contributed by atoms with Crippen LogP contribution in [0.5, 0.6) is 5.75 Å². The standard InChI is InChI=1S/C28H38N4O3.C27H30N4O3.C23H30N4O4.C18H28N4O4/c33-27(29-14-7-17-32-15-4-5-16-32)23-11-6-10-22(18-23)26(21-8-2-1-3-9-21)30-28(34)24-19-25(35-31-24)20-12-13-20;32-26(29-17-18-6-5-13-28-16-18)22-10-4-9-21(14-22)25(20-7-2-1-3-8-20)30-27(33)23-15-24(34-31-23)19-11-12-19;1-15(24)23(29)27-11-9-16(10-12-27)20(14-30-18-5-3-2-4-6-18)25-22(28)19-13-21(31-26-19)17-7-8-17;1-11(19)18(24)22-7-5-12(6-8-22)15(10-25-2)20-17(23)14-9-16(26-21-14)13-3-4-13/h6,10-11,18-21,26H,1-5,7-9,12-17H2,(H,29,33)(H,30,34);4-6,9-10,13-16,19-20,25H,1-3,7-8,11-12,17H2,(H,29,32)(H,30,33);2-6,13,15-17,20H,7-12,14,24H2,1H3,(H,25,28);9,11-13,15H,3-8,10,19H2,1-2H3,(H,20,23)/t;;15-,20?;11-,15?/m..00/s1. The number of nitrogens with one attached hydrogen (secondary N) is 6. The summed E-state index contributed by atoms with van der Waals surface area (Å²) in [6.07, 6.45) is 30.3. The molecular weight excluding hydrogens is 1600 g/mol. The van der Waals surface area contributed by atoms with Gasteiger partial charge in [0.2, 0.25) is 11.8 Å². The van der Waals surface area contributed by atoms with Crippen molar-refractivity contribution < 1.29 is 65.9 Å². The zero-order valence-corrected chi connectivity index (χ0v) is 73.1. The Balaban J connectivity index is 0.000000137. The molecule has 0 radical (unpaired) electrons. The highest BCUT2D eigenvalue weighted by molar-refractivity contribution is 5.96. The summed E-state index contributed by atoms with van der Waals surface area (Å²) in [7, 11) is 1.62. The third kappa shape index (κ3) is 26.4. The van der Waals surface area contributed by atoms with Crippen LogP contribution >= 0.6 is 0 Å². The molecule has 126 heavy (non-hydrogen) atoms. The number of benzene rings is 3. The van der Waals surface area contributed by atoms with Gasteiger partial charge in [-0.15, -0.1) is 0 Å². The van der Waals surface area contributed by atoms with Crippen LogP contribution in [0, 0.1) is 23.7 Å². The van der Waals surface area contributed by atoms with E-state index >= 15 is 0 Å². The number of likely N-dealkylation sites (tertiary alicyclic amines) is 3. The smallest absolute Gasteiger partial charge is 0.273 e. The fourth-order valence-corrected chi connectivity index (χ4v) is 17.9. The molecule has 9 aliphatic rings. The summed E-state index contributed by atoms with van der Waals surface area (Å²) in [6.45, 7) is 11.2. The minimum Gasteiger partial charge on any atom is -0.491 e. The fourth-order valence-electron chi connectivity index (χ4n) is 17.9. The maximum atomic E-state index is 13.1.